The van der Waals surface area contributed by atoms with Crippen LogP contribution in [0.1, 0.15) is 31.2 Å². The lowest BCUT2D eigenvalue weighted by atomic mass is 9.89. The van der Waals surface area contributed by atoms with Gasteiger partial charge in [0.05, 0.1) is 0 Å². The molecule has 2 fully saturated rings. The third kappa shape index (κ3) is 2.30. The Morgan fingerprint density at radius 2 is 2.18 bits per heavy atom. The number of anilines is 1. The van der Waals surface area contributed by atoms with E-state index in [1.165, 1.54) is 36.9 Å². The molecule has 1 aromatic rings. The van der Waals surface area contributed by atoms with Crippen molar-refractivity contribution in [3.05, 3.63) is 28.8 Å². The molecule has 1 aromatic carbocycles. The van der Waals surface area contributed by atoms with Crippen LogP contribution in [0.3, 0.4) is 0 Å². The normalized spacial score (nSPS) is 30.8. The molecule has 2 heteroatoms. The van der Waals surface area contributed by atoms with Crippen molar-refractivity contribution < 1.29 is 0 Å². The van der Waals surface area contributed by atoms with Crippen LogP contribution in [0, 0.1) is 24.7 Å². The molecule has 2 aliphatic rings. The summed E-state index contributed by atoms with van der Waals surface area (Å²) in [6.07, 6.45) is 5.88. The van der Waals surface area contributed by atoms with Gasteiger partial charge in [0.15, 0.2) is 0 Å². The maximum atomic E-state index is 6.04. The zero-order valence-electron chi connectivity index (χ0n) is 10.4. The van der Waals surface area contributed by atoms with E-state index >= 15 is 0 Å². The van der Waals surface area contributed by atoms with Crippen molar-refractivity contribution in [2.75, 3.05) is 11.9 Å². The highest BCUT2D eigenvalue weighted by molar-refractivity contribution is 6.30. The van der Waals surface area contributed by atoms with Crippen LogP contribution in [-0.4, -0.2) is 6.54 Å². The van der Waals surface area contributed by atoms with Crippen LogP contribution in [0.15, 0.2) is 18.2 Å². The van der Waals surface area contributed by atoms with E-state index in [4.69, 9.17) is 11.6 Å². The van der Waals surface area contributed by atoms with Gasteiger partial charge in [0, 0.05) is 17.3 Å². The lowest BCUT2D eigenvalue weighted by molar-refractivity contribution is 0.348. The summed E-state index contributed by atoms with van der Waals surface area (Å²) in [6, 6.07) is 6.09. The molecule has 92 valence electrons. The highest BCUT2D eigenvalue weighted by Crippen LogP contribution is 2.48. The van der Waals surface area contributed by atoms with Crippen LogP contribution >= 0.6 is 11.6 Å². The minimum atomic E-state index is 0.825. The third-order valence-electron chi connectivity index (χ3n) is 4.64. The smallest absolute Gasteiger partial charge is 0.0426 e. The van der Waals surface area contributed by atoms with Crippen LogP contribution in [-0.2, 0) is 0 Å². The molecule has 2 saturated carbocycles. The van der Waals surface area contributed by atoms with Crippen molar-refractivity contribution in [3.8, 4) is 0 Å². The fraction of sp³-hybridized carbons (Fsp3) is 0.600. The predicted molar refractivity (Wildman–Crippen MR) is 73.6 cm³/mol. The maximum Gasteiger partial charge on any atom is 0.0426 e. The van der Waals surface area contributed by atoms with Gasteiger partial charge in [0.25, 0.3) is 0 Å². The van der Waals surface area contributed by atoms with Gasteiger partial charge in [-0.25, -0.2) is 0 Å². The van der Waals surface area contributed by atoms with Gasteiger partial charge < -0.3 is 5.32 Å². The quantitative estimate of drug-likeness (QED) is 0.832. The third-order valence-corrected chi connectivity index (χ3v) is 4.87. The highest BCUT2D eigenvalue weighted by Gasteiger charge is 2.38. The Hall–Kier alpha value is -0.690. The lowest BCUT2D eigenvalue weighted by Crippen LogP contribution is -2.20. The molecule has 3 rings (SSSR count). The number of hydrogen-bond donors (Lipinski definition) is 1. The Labute approximate surface area is 109 Å². The number of benzene rings is 1. The molecule has 0 amide bonds. The van der Waals surface area contributed by atoms with E-state index in [2.05, 4.69) is 18.3 Å². The van der Waals surface area contributed by atoms with E-state index in [1.54, 1.807) is 0 Å². The molecule has 2 bridgehead atoms. The number of halogens is 1. The topological polar surface area (TPSA) is 12.0 Å². The number of fused-ring (bicyclic) bond motifs is 2. The molecule has 1 N–H and O–H groups in total. The fourth-order valence-electron chi connectivity index (χ4n) is 3.65. The van der Waals surface area contributed by atoms with Crippen LogP contribution in [0.2, 0.25) is 5.02 Å². The number of aryl methyl sites for hydroxylation is 1. The minimum absolute atomic E-state index is 0.825. The second kappa shape index (κ2) is 4.53. The molecule has 0 radical (unpaired) electrons. The Balaban J connectivity index is 1.62. The SMILES string of the molecule is Cc1ccc(Cl)cc1NCC1CC2CCC1C2. The molecule has 17 heavy (non-hydrogen) atoms. The predicted octanol–water partition coefficient (Wildman–Crippen LogP) is 4.50. The van der Waals surface area contributed by atoms with Gasteiger partial charge in [-0.1, -0.05) is 24.1 Å². The average molecular weight is 250 g/mol. The number of nitrogens with one attached hydrogen (secondary N) is 1. The highest BCUT2D eigenvalue weighted by atomic mass is 35.5. The van der Waals surface area contributed by atoms with Crippen LogP contribution in [0.5, 0.6) is 0 Å². The summed E-state index contributed by atoms with van der Waals surface area (Å²) in [4.78, 5) is 0. The molecular formula is C15H20ClN. The second-order valence-electron chi connectivity index (χ2n) is 5.78. The minimum Gasteiger partial charge on any atom is -0.385 e. The molecule has 0 spiro atoms. The van der Waals surface area contributed by atoms with Crippen LogP contribution in [0.4, 0.5) is 5.69 Å². The van der Waals surface area contributed by atoms with Gasteiger partial charge in [0.2, 0.25) is 0 Å². The van der Waals surface area contributed by atoms with Gasteiger partial charge in [-0.05, 0) is 61.6 Å². The Kier molecular flexibility index (Phi) is 3.04. The standard InChI is InChI=1S/C15H20ClN/c1-10-2-5-14(16)8-15(10)17-9-13-7-11-3-4-12(13)6-11/h2,5,8,11-13,17H,3-4,6-7,9H2,1H3. The van der Waals surface area contributed by atoms with Gasteiger partial charge in [-0.15, -0.1) is 0 Å². The first-order valence-corrected chi connectivity index (χ1v) is 7.10. The monoisotopic (exact) mass is 249 g/mol. The second-order valence-corrected chi connectivity index (χ2v) is 6.21. The summed E-state index contributed by atoms with van der Waals surface area (Å²) in [5.41, 5.74) is 2.50. The fourth-order valence-corrected chi connectivity index (χ4v) is 3.82. The Bertz CT molecular complexity index is 415. The molecule has 1 nitrogen and oxygen atoms in total. The lowest BCUT2D eigenvalue weighted by Gasteiger charge is -2.23. The van der Waals surface area contributed by atoms with E-state index in [0.29, 0.717) is 0 Å². The maximum absolute atomic E-state index is 6.04. The van der Waals surface area contributed by atoms with Gasteiger partial charge >= 0.3 is 0 Å². The van der Waals surface area contributed by atoms with Gasteiger partial charge in [-0.3, -0.25) is 0 Å². The summed E-state index contributed by atoms with van der Waals surface area (Å²) in [5, 5.41) is 4.42. The van der Waals surface area contributed by atoms with Gasteiger partial charge in [0.1, 0.15) is 0 Å². The number of hydrogen-bond acceptors (Lipinski definition) is 1. The van der Waals surface area contributed by atoms with Crippen molar-refractivity contribution in [2.24, 2.45) is 17.8 Å². The van der Waals surface area contributed by atoms with E-state index in [9.17, 15) is 0 Å². The summed E-state index contributed by atoms with van der Waals surface area (Å²) < 4.78 is 0. The summed E-state index contributed by atoms with van der Waals surface area (Å²) >= 11 is 6.04. The van der Waals surface area contributed by atoms with E-state index < -0.39 is 0 Å². The van der Waals surface area contributed by atoms with Crippen molar-refractivity contribution in [1.82, 2.24) is 0 Å². The zero-order chi connectivity index (χ0) is 11.8. The molecular weight excluding hydrogens is 230 g/mol. The molecule has 3 atom stereocenters. The van der Waals surface area contributed by atoms with Crippen molar-refractivity contribution in [2.45, 2.75) is 32.6 Å². The first-order chi connectivity index (χ1) is 8.22. The van der Waals surface area contributed by atoms with Crippen molar-refractivity contribution in [1.29, 1.82) is 0 Å². The van der Waals surface area contributed by atoms with E-state index in [1.807, 2.05) is 12.1 Å². The number of rotatable bonds is 3. The molecule has 0 aromatic heterocycles. The van der Waals surface area contributed by atoms with Crippen LogP contribution < -0.4 is 5.32 Å². The Morgan fingerprint density at radius 3 is 2.88 bits per heavy atom. The molecule has 2 aliphatic carbocycles. The average Bonchev–Trinajstić information content (AvgIpc) is 2.92. The Morgan fingerprint density at radius 1 is 1.29 bits per heavy atom. The van der Waals surface area contributed by atoms with E-state index in [0.717, 1.165) is 29.3 Å². The van der Waals surface area contributed by atoms with E-state index in [-0.39, 0.29) is 0 Å². The summed E-state index contributed by atoms with van der Waals surface area (Å²) in [6.45, 7) is 3.27. The molecule has 0 saturated heterocycles. The van der Waals surface area contributed by atoms with Crippen molar-refractivity contribution in [3.63, 3.8) is 0 Å². The molecule has 0 heterocycles. The van der Waals surface area contributed by atoms with Gasteiger partial charge in [-0.2, -0.15) is 0 Å². The van der Waals surface area contributed by atoms with Crippen LogP contribution in [0.25, 0.3) is 0 Å². The summed E-state index contributed by atoms with van der Waals surface area (Å²) in [7, 11) is 0. The van der Waals surface area contributed by atoms with Crippen molar-refractivity contribution >= 4 is 17.3 Å². The summed E-state index contributed by atoms with van der Waals surface area (Å²) in [5.74, 6) is 2.92. The molecule has 0 aliphatic heterocycles. The first kappa shape index (κ1) is 11.4. The molecule has 3 unspecified atom stereocenters. The first-order valence-electron chi connectivity index (χ1n) is 6.72. The zero-order valence-corrected chi connectivity index (χ0v) is 11.1. The largest absolute Gasteiger partial charge is 0.385 e.